The fraction of sp³-hybridized carbons (Fsp3) is 0.556. The highest BCUT2D eigenvalue weighted by Crippen LogP contribution is 2.60. The second-order valence-electron chi connectivity index (χ2n) is 7.32. The lowest BCUT2D eigenvalue weighted by molar-refractivity contribution is -0.00812. The molecule has 0 radical (unpaired) electrons. The van der Waals surface area contributed by atoms with E-state index in [1.54, 1.807) is 5.56 Å². The first kappa shape index (κ1) is 14.3. The van der Waals surface area contributed by atoms with Crippen molar-refractivity contribution in [3.63, 3.8) is 0 Å². The van der Waals surface area contributed by atoms with Crippen molar-refractivity contribution in [2.75, 3.05) is 7.05 Å². The molecule has 0 amide bonds. The van der Waals surface area contributed by atoms with Crippen LogP contribution in [0.25, 0.3) is 0 Å². The Morgan fingerprint density at radius 2 is 2.15 bits per heavy atom. The van der Waals surface area contributed by atoms with Gasteiger partial charge in [-0.15, -0.1) is 6.58 Å². The smallest absolute Gasteiger partial charge is 0.0356 e. The maximum atomic E-state index is 4.16. The molecule has 1 aromatic rings. The molecule has 3 aliphatic rings. The van der Waals surface area contributed by atoms with Gasteiger partial charge in [0.25, 0.3) is 0 Å². The zero-order chi connectivity index (χ0) is 14.7. The highest BCUT2D eigenvalue weighted by molar-refractivity contribution is 9.10. The molecule has 3 unspecified atom stereocenters. The van der Waals surface area contributed by atoms with Gasteiger partial charge in [-0.1, -0.05) is 47.5 Å². The molecule has 2 bridgehead atoms. The molecule has 1 fully saturated rings. The van der Waals surface area contributed by atoms with E-state index < -0.39 is 0 Å². The lowest BCUT2D eigenvalue weighted by atomic mass is 9.57. The normalized spacial score (nSPS) is 31.1. The predicted molar refractivity (Wildman–Crippen MR) is 89.0 cm³/mol. The highest BCUT2D eigenvalue weighted by Gasteiger charge is 2.52. The molecular formula is C18H24BrN. The van der Waals surface area contributed by atoms with Crippen molar-refractivity contribution < 1.29 is 0 Å². The minimum absolute atomic E-state index is 0.355. The summed E-state index contributed by atoms with van der Waals surface area (Å²) < 4.78 is 1.29. The summed E-state index contributed by atoms with van der Waals surface area (Å²) >= 11 is 3.81. The summed E-state index contributed by atoms with van der Waals surface area (Å²) in [6.07, 6.45) is 2.35. The topological polar surface area (TPSA) is 3.24 Å². The average Bonchev–Trinajstić information content (AvgIpc) is 2.33. The van der Waals surface area contributed by atoms with Gasteiger partial charge in [-0.25, -0.2) is 0 Å². The molecule has 3 atom stereocenters. The van der Waals surface area contributed by atoms with Gasteiger partial charge >= 0.3 is 0 Å². The number of hydrogen-bond acceptors (Lipinski definition) is 1. The van der Waals surface area contributed by atoms with Gasteiger partial charge in [0.1, 0.15) is 0 Å². The zero-order valence-electron chi connectivity index (χ0n) is 12.9. The third-order valence-corrected chi connectivity index (χ3v) is 5.97. The van der Waals surface area contributed by atoms with E-state index in [0.29, 0.717) is 23.4 Å². The van der Waals surface area contributed by atoms with E-state index in [-0.39, 0.29) is 0 Å². The molecule has 108 valence electrons. The van der Waals surface area contributed by atoms with E-state index >= 15 is 0 Å². The van der Waals surface area contributed by atoms with E-state index in [1.165, 1.54) is 22.0 Å². The van der Waals surface area contributed by atoms with Crippen LogP contribution in [0.2, 0.25) is 0 Å². The molecule has 2 aliphatic heterocycles. The maximum Gasteiger partial charge on any atom is 0.0356 e. The Labute approximate surface area is 131 Å². The Bertz CT molecular complexity index is 561. The number of rotatable bonds is 2. The summed E-state index contributed by atoms with van der Waals surface area (Å²) in [4.78, 5) is 2.60. The largest absolute Gasteiger partial charge is 0.295 e. The number of benzene rings is 1. The number of likely N-dealkylation sites (N-methyl/N-ethyl adjacent to an activating group) is 1. The summed E-state index contributed by atoms with van der Waals surface area (Å²) in [6, 6.07) is 7.82. The van der Waals surface area contributed by atoms with Gasteiger partial charge in [0, 0.05) is 22.5 Å². The van der Waals surface area contributed by atoms with E-state index in [2.05, 4.69) is 73.4 Å². The van der Waals surface area contributed by atoms with Gasteiger partial charge in [0.15, 0.2) is 0 Å². The van der Waals surface area contributed by atoms with Crippen molar-refractivity contribution in [2.45, 2.75) is 51.6 Å². The van der Waals surface area contributed by atoms with Crippen LogP contribution in [0.1, 0.15) is 56.7 Å². The van der Waals surface area contributed by atoms with Gasteiger partial charge in [0.2, 0.25) is 0 Å². The highest BCUT2D eigenvalue weighted by atomic mass is 79.9. The molecule has 2 heterocycles. The minimum Gasteiger partial charge on any atom is -0.295 e. The molecule has 1 saturated heterocycles. The molecule has 4 rings (SSSR count). The van der Waals surface area contributed by atoms with Crippen LogP contribution in [0.15, 0.2) is 34.8 Å². The molecule has 20 heavy (non-hydrogen) atoms. The van der Waals surface area contributed by atoms with Crippen LogP contribution in [0.5, 0.6) is 0 Å². The van der Waals surface area contributed by atoms with Gasteiger partial charge in [0.05, 0.1) is 0 Å². The molecule has 1 aromatic carbocycles. The van der Waals surface area contributed by atoms with Gasteiger partial charge in [-0.2, -0.15) is 0 Å². The number of halogens is 1. The van der Waals surface area contributed by atoms with E-state index in [4.69, 9.17) is 0 Å². The second-order valence-corrected chi connectivity index (χ2v) is 8.18. The van der Waals surface area contributed by atoms with Crippen molar-refractivity contribution in [1.82, 2.24) is 4.90 Å². The van der Waals surface area contributed by atoms with Gasteiger partial charge in [-0.3, -0.25) is 4.90 Å². The van der Waals surface area contributed by atoms with Crippen molar-refractivity contribution in [2.24, 2.45) is 5.41 Å². The Morgan fingerprint density at radius 1 is 1.45 bits per heavy atom. The molecular weight excluding hydrogens is 310 g/mol. The monoisotopic (exact) mass is 333 g/mol. The Kier molecular flexibility index (Phi) is 3.38. The predicted octanol–water partition coefficient (Wildman–Crippen LogP) is 5.28. The molecule has 0 N–H and O–H groups in total. The standard InChI is InChI=1S/C18H24BrN/c1-11(2)9-14-17-16-12(7-6-8-13(16)19)15(20(14)5)10-18(17,3)4/h6-8,14-15,17H,1,9-10H2,2-5H3. The van der Waals surface area contributed by atoms with Crippen LogP contribution in [0.4, 0.5) is 0 Å². The molecule has 1 nitrogen and oxygen atoms in total. The van der Waals surface area contributed by atoms with Crippen LogP contribution in [0.3, 0.4) is 0 Å². The van der Waals surface area contributed by atoms with Gasteiger partial charge < -0.3 is 0 Å². The van der Waals surface area contributed by atoms with Crippen molar-refractivity contribution in [1.29, 1.82) is 0 Å². The van der Waals surface area contributed by atoms with Crippen LogP contribution in [-0.4, -0.2) is 18.0 Å². The van der Waals surface area contributed by atoms with E-state index in [9.17, 15) is 0 Å². The first-order valence-electron chi connectivity index (χ1n) is 7.47. The van der Waals surface area contributed by atoms with Crippen LogP contribution in [-0.2, 0) is 0 Å². The molecule has 0 spiro atoms. The van der Waals surface area contributed by atoms with E-state index in [0.717, 1.165) is 6.42 Å². The molecule has 2 heteroatoms. The number of hydrogen-bond donors (Lipinski definition) is 0. The van der Waals surface area contributed by atoms with Crippen molar-refractivity contribution >= 4 is 15.9 Å². The van der Waals surface area contributed by atoms with Crippen molar-refractivity contribution in [3.05, 3.63) is 46.0 Å². The fourth-order valence-corrected chi connectivity index (χ4v) is 5.09. The lowest BCUT2D eigenvalue weighted by Crippen LogP contribution is -2.55. The number of nitrogens with zero attached hydrogens (tertiary/aromatic N) is 1. The first-order valence-corrected chi connectivity index (χ1v) is 8.27. The van der Waals surface area contributed by atoms with Gasteiger partial charge in [-0.05, 0) is 49.4 Å². The summed E-state index contributed by atoms with van der Waals surface area (Å²) in [5.74, 6) is 0.583. The third kappa shape index (κ3) is 2.00. The van der Waals surface area contributed by atoms with Crippen LogP contribution in [0, 0.1) is 5.41 Å². The average molecular weight is 334 g/mol. The molecule has 1 aliphatic carbocycles. The zero-order valence-corrected chi connectivity index (χ0v) is 14.5. The quantitative estimate of drug-likeness (QED) is 0.665. The van der Waals surface area contributed by atoms with Crippen LogP contribution >= 0.6 is 15.9 Å². The Hall–Kier alpha value is -0.600. The van der Waals surface area contributed by atoms with Crippen LogP contribution < -0.4 is 0 Å². The Balaban J connectivity index is 2.17. The maximum absolute atomic E-state index is 4.16. The minimum atomic E-state index is 0.355. The number of fused-ring (bicyclic) bond motifs is 2. The lowest BCUT2D eigenvalue weighted by Gasteiger charge is -2.58. The van der Waals surface area contributed by atoms with E-state index in [1.807, 2.05) is 0 Å². The third-order valence-electron chi connectivity index (χ3n) is 5.28. The fourth-order valence-electron chi connectivity index (χ4n) is 4.46. The molecule has 0 saturated carbocycles. The summed E-state index contributed by atoms with van der Waals surface area (Å²) in [5, 5.41) is 0. The SMILES string of the molecule is C=C(C)CC1C2c3c(Br)cccc3C(CC2(C)C)N1C. The first-order chi connectivity index (χ1) is 9.33. The summed E-state index contributed by atoms with van der Waals surface area (Å²) in [5.41, 5.74) is 4.73. The van der Waals surface area contributed by atoms with Crippen molar-refractivity contribution in [3.8, 4) is 0 Å². The second kappa shape index (κ2) is 4.71. The number of piperidine rings is 1. The summed E-state index contributed by atoms with van der Waals surface area (Å²) in [7, 11) is 2.30. The summed E-state index contributed by atoms with van der Waals surface area (Å²) in [6.45, 7) is 11.2. The molecule has 0 aromatic heterocycles. The Morgan fingerprint density at radius 3 is 2.80 bits per heavy atom.